The van der Waals surface area contributed by atoms with Gasteiger partial charge in [0.05, 0.1) is 4.90 Å². The number of hydrogen-bond acceptors (Lipinski definition) is 4. The number of hydrogen-bond donors (Lipinski definition) is 0. The van der Waals surface area contributed by atoms with Crippen LogP contribution in [0.25, 0.3) is 0 Å². The molecule has 2 heterocycles. The molecule has 180 valence electrons. The Morgan fingerprint density at radius 2 is 1.71 bits per heavy atom. The van der Waals surface area contributed by atoms with Crippen molar-refractivity contribution in [3.63, 3.8) is 0 Å². The highest BCUT2D eigenvalue weighted by Gasteiger charge is 2.35. The van der Waals surface area contributed by atoms with E-state index >= 15 is 0 Å². The van der Waals surface area contributed by atoms with E-state index in [1.807, 2.05) is 48.2 Å². The molecule has 1 aliphatic rings. The van der Waals surface area contributed by atoms with Crippen LogP contribution in [0.2, 0.25) is 0 Å². The molecule has 5 nitrogen and oxygen atoms in total. The summed E-state index contributed by atoms with van der Waals surface area (Å²) in [5.74, 6) is -0.0424. The Labute approximate surface area is 207 Å². The van der Waals surface area contributed by atoms with Crippen LogP contribution in [-0.2, 0) is 27.8 Å². The fraction of sp³-hybridized carbons (Fsp3) is 0.370. The molecule has 1 unspecified atom stereocenters. The van der Waals surface area contributed by atoms with Crippen molar-refractivity contribution in [2.24, 2.45) is 5.92 Å². The van der Waals surface area contributed by atoms with Gasteiger partial charge in [-0.2, -0.15) is 4.31 Å². The molecule has 4 rings (SSSR count). The first-order chi connectivity index (χ1) is 16.3. The van der Waals surface area contributed by atoms with Gasteiger partial charge in [-0.25, -0.2) is 8.42 Å². The van der Waals surface area contributed by atoms with Gasteiger partial charge in [-0.3, -0.25) is 4.79 Å². The molecule has 0 aliphatic carbocycles. The Balaban J connectivity index is 1.45. The molecular weight excluding hydrogens is 464 g/mol. The van der Waals surface area contributed by atoms with Crippen LogP contribution in [0.5, 0.6) is 0 Å². The molecule has 1 fully saturated rings. The molecule has 0 saturated carbocycles. The maximum absolute atomic E-state index is 13.7. The number of rotatable bonds is 8. The summed E-state index contributed by atoms with van der Waals surface area (Å²) < 4.78 is 27.7. The molecule has 1 aromatic heterocycles. The average molecular weight is 497 g/mol. The number of amides is 1. The van der Waals surface area contributed by atoms with Gasteiger partial charge in [0.1, 0.15) is 0 Å². The van der Waals surface area contributed by atoms with Crippen LogP contribution in [0.4, 0.5) is 0 Å². The third kappa shape index (κ3) is 5.77. The zero-order chi connectivity index (χ0) is 24.1. The SMILES string of the molecule is Cc1ccc(S(=O)(=O)N2CCC(C(=O)N(Cc3ccccc3)C(C)Cc3cccs3)CC2)cc1. The quantitative estimate of drug-likeness (QED) is 0.435. The molecule has 0 N–H and O–H groups in total. The van der Waals surface area contributed by atoms with Gasteiger partial charge in [0, 0.05) is 42.9 Å². The smallest absolute Gasteiger partial charge is 0.243 e. The second kappa shape index (κ2) is 10.8. The zero-order valence-electron chi connectivity index (χ0n) is 19.8. The fourth-order valence-electron chi connectivity index (χ4n) is 4.50. The largest absolute Gasteiger partial charge is 0.335 e. The lowest BCUT2D eigenvalue weighted by Crippen LogP contribution is -2.47. The van der Waals surface area contributed by atoms with Crippen LogP contribution in [0.3, 0.4) is 0 Å². The van der Waals surface area contributed by atoms with Crippen LogP contribution in [0, 0.1) is 12.8 Å². The molecule has 1 aliphatic heterocycles. The first-order valence-electron chi connectivity index (χ1n) is 11.8. The first-order valence-corrected chi connectivity index (χ1v) is 14.1. The summed E-state index contributed by atoms with van der Waals surface area (Å²) in [5, 5.41) is 2.07. The van der Waals surface area contributed by atoms with Crippen molar-refractivity contribution in [2.75, 3.05) is 13.1 Å². The van der Waals surface area contributed by atoms with E-state index in [1.165, 1.54) is 9.18 Å². The van der Waals surface area contributed by atoms with E-state index in [1.54, 1.807) is 23.5 Å². The van der Waals surface area contributed by atoms with Crippen molar-refractivity contribution in [3.05, 3.63) is 88.1 Å². The van der Waals surface area contributed by atoms with Gasteiger partial charge in [0.2, 0.25) is 15.9 Å². The summed E-state index contributed by atoms with van der Waals surface area (Å²) >= 11 is 1.71. The highest BCUT2D eigenvalue weighted by molar-refractivity contribution is 7.89. The predicted octanol–water partition coefficient (Wildman–Crippen LogP) is 5.12. The molecule has 2 aromatic carbocycles. The van der Waals surface area contributed by atoms with Crippen LogP contribution in [0.1, 0.15) is 35.8 Å². The van der Waals surface area contributed by atoms with E-state index in [-0.39, 0.29) is 17.9 Å². The van der Waals surface area contributed by atoms with Crippen molar-refractivity contribution >= 4 is 27.3 Å². The van der Waals surface area contributed by atoms with Crippen molar-refractivity contribution in [1.29, 1.82) is 0 Å². The molecule has 1 amide bonds. The summed E-state index contributed by atoms with van der Waals surface area (Å²) in [6, 6.07) is 21.2. The van der Waals surface area contributed by atoms with Crippen LogP contribution >= 0.6 is 11.3 Å². The zero-order valence-corrected chi connectivity index (χ0v) is 21.4. The molecule has 3 aromatic rings. The maximum Gasteiger partial charge on any atom is 0.243 e. The number of carbonyl (C=O) groups is 1. The van der Waals surface area contributed by atoms with Gasteiger partial charge in [0.25, 0.3) is 0 Å². The molecular formula is C27H32N2O3S2. The minimum atomic E-state index is -3.54. The van der Waals surface area contributed by atoms with Crippen molar-refractivity contribution < 1.29 is 13.2 Å². The van der Waals surface area contributed by atoms with Gasteiger partial charge in [0.15, 0.2) is 0 Å². The molecule has 1 atom stereocenters. The number of nitrogens with zero attached hydrogens (tertiary/aromatic N) is 2. The summed E-state index contributed by atoms with van der Waals surface area (Å²) in [5.41, 5.74) is 2.13. The molecule has 0 bridgehead atoms. The molecule has 0 spiro atoms. The van der Waals surface area contributed by atoms with E-state index in [0.29, 0.717) is 37.4 Å². The summed E-state index contributed by atoms with van der Waals surface area (Å²) in [7, 11) is -3.54. The number of carbonyl (C=O) groups excluding carboxylic acids is 1. The Morgan fingerprint density at radius 1 is 1.03 bits per heavy atom. The lowest BCUT2D eigenvalue weighted by Gasteiger charge is -2.36. The van der Waals surface area contributed by atoms with Crippen molar-refractivity contribution in [3.8, 4) is 0 Å². The van der Waals surface area contributed by atoms with Crippen molar-refractivity contribution in [1.82, 2.24) is 9.21 Å². The number of benzene rings is 2. The maximum atomic E-state index is 13.7. The summed E-state index contributed by atoms with van der Waals surface area (Å²) in [6.45, 7) is 5.34. The summed E-state index contributed by atoms with van der Waals surface area (Å²) in [6.07, 6.45) is 1.90. The molecule has 7 heteroatoms. The number of piperidine rings is 1. The van der Waals surface area contributed by atoms with Gasteiger partial charge in [-0.15, -0.1) is 11.3 Å². The first kappa shape index (κ1) is 24.6. The Hall–Kier alpha value is -2.48. The predicted molar refractivity (Wildman–Crippen MR) is 137 cm³/mol. The minimum absolute atomic E-state index is 0.0562. The van der Waals surface area contributed by atoms with Gasteiger partial charge in [-0.05, 0) is 55.8 Å². The minimum Gasteiger partial charge on any atom is -0.335 e. The Kier molecular flexibility index (Phi) is 7.86. The standard InChI is InChI=1S/C27H32N2O3S2/c1-21-10-12-26(13-11-21)34(31,32)28-16-14-24(15-17-28)27(30)29(20-23-7-4-3-5-8-23)22(2)19-25-9-6-18-33-25/h3-13,18,22,24H,14-17,19-20H2,1-2H3. The Bertz CT molecular complexity index is 1170. The number of thiophene rings is 1. The second-order valence-corrected chi connectivity index (χ2v) is 12.0. The molecule has 34 heavy (non-hydrogen) atoms. The van der Waals surface area contributed by atoms with Crippen molar-refractivity contribution in [2.45, 2.75) is 50.6 Å². The van der Waals surface area contributed by atoms with Gasteiger partial charge in [-0.1, -0.05) is 54.1 Å². The third-order valence-electron chi connectivity index (χ3n) is 6.55. The number of sulfonamides is 1. The Morgan fingerprint density at radius 3 is 2.32 bits per heavy atom. The summed E-state index contributed by atoms with van der Waals surface area (Å²) in [4.78, 5) is 17.3. The van der Waals surface area contributed by atoms with E-state index in [9.17, 15) is 13.2 Å². The number of aryl methyl sites for hydroxylation is 1. The molecule has 0 radical (unpaired) electrons. The fourth-order valence-corrected chi connectivity index (χ4v) is 6.79. The van der Waals surface area contributed by atoms with Crippen LogP contribution in [0.15, 0.2) is 77.0 Å². The highest BCUT2D eigenvalue weighted by Crippen LogP contribution is 2.27. The van der Waals surface area contributed by atoms with Crippen LogP contribution in [-0.4, -0.2) is 42.7 Å². The van der Waals surface area contributed by atoms with E-state index in [2.05, 4.69) is 30.5 Å². The van der Waals surface area contributed by atoms with E-state index in [4.69, 9.17) is 0 Å². The highest BCUT2D eigenvalue weighted by atomic mass is 32.2. The van der Waals surface area contributed by atoms with Gasteiger partial charge < -0.3 is 4.90 Å². The van der Waals surface area contributed by atoms with E-state index < -0.39 is 10.0 Å². The average Bonchev–Trinajstić information content (AvgIpc) is 3.36. The van der Waals surface area contributed by atoms with E-state index in [0.717, 1.165) is 17.5 Å². The topological polar surface area (TPSA) is 57.7 Å². The molecule has 1 saturated heterocycles. The van der Waals surface area contributed by atoms with Gasteiger partial charge >= 0.3 is 0 Å². The van der Waals surface area contributed by atoms with Crippen LogP contribution < -0.4 is 0 Å². The second-order valence-electron chi connectivity index (χ2n) is 9.08. The lowest BCUT2D eigenvalue weighted by atomic mass is 9.95. The normalized spacial score (nSPS) is 16.3. The lowest BCUT2D eigenvalue weighted by molar-refractivity contribution is -0.139. The monoisotopic (exact) mass is 496 g/mol. The third-order valence-corrected chi connectivity index (χ3v) is 9.36.